The summed E-state index contributed by atoms with van der Waals surface area (Å²) < 4.78 is 13.4. The maximum atomic E-state index is 6.10. The smallest absolute Gasteiger partial charge is 0.222 e. The van der Waals surface area contributed by atoms with Crippen LogP contribution in [0.3, 0.4) is 0 Å². The number of halogens is 2. The van der Waals surface area contributed by atoms with Gasteiger partial charge in [-0.1, -0.05) is 54.1 Å². The van der Waals surface area contributed by atoms with Crippen molar-refractivity contribution < 1.29 is 9.47 Å². The molecule has 0 unspecified atom stereocenters. The Morgan fingerprint density at radius 2 is 1.40 bits per heavy atom. The van der Waals surface area contributed by atoms with Crippen molar-refractivity contribution in [2.75, 3.05) is 13.2 Å². The van der Waals surface area contributed by atoms with Crippen LogP contribution in [0.2, 0.25) is 5.02 Å². The molecule has 3 aromatic carbocycles. The van der Waals surface area contributed by atoms with Crippen LogP contribution in [0.15, 0.2) is 72.8 Å². The Bertz CT molecular complexity index is 886. The second kappa shape index (κ2) is 7.08. The van der Waals surface area contributed by atoms with Gasteiger partial charge < -0.3 is 9.47 Å². The first-order valence-corrected chi connectivity index (χ1v) is 9.53. The molecule has 3 aromatic rings. The van der Waals surface area contributed by atoms with E-state index in [2.05, 4.69) is 65.1 Å². The summed E-state index contributed by atoms with van der Waals surface area (Å²) >= 11 is 8.38. The minimum atomic E-state index is -0.872. The van der Waals surface area contributed by atoms with Crippen LogP contribution in [0.5, 0.6) is 0 Å². The minimum Gasteiger partial charge on any atom is -0.340 e. The Morgan fingerprint density at radius 1 is 0.760 bits per heavy atom. The first-order valence-electron chi connectivity index (χ1n) is 8.08. The van der Waals surface area contributed by atoms with E-state index >= 15 is 0 Å². The van der Waals surface area contributed by atoms with Gasteiger partial charge in [-0.05, 0) is 64.0 Å². The van der Waals surface area contributed by atoms with Crippen LogP contribution in [-0.4, -0.2) is 13.2 Å². The average molecular weight is 463 g/mol. The standard InChI is InChI=1S/C21H16ClIO2/c22-19-9-7-17(8-10-19)21(24-11-12-25-21)18-5-1-3-15(13-18)16-4-2-6-20(23)14-16/h1-10,13-14H,11-12H2. The van der Waals surface area contributed by atoms with Crippen LogP contribution in [0.4, 0.5) is 0 Å². The normalized spacial score (nSPS) is 16.1. The van der Waals surface area contributed by atoms with Gasteiger partial charge in [0.25, 0.3) is 0 Å². The molecule has 0 aromatic heterocycles. The Morgan fingerprint density at radius 3 is 2.08 bits per heavy atom. The molecule has 0 radical (unpaired) electrons. The zero-order valence-corrected chi connectivity index (χ0v) is 16.3. The first kappa shape index (κ1) is 17.0. The van der Waals surface area contributed by atoms with Crippen molar-refractivity contribution >= 4 is 34.2 Å². The highest BCUT2D eigenvalue weighted by Gasteiger charge is 2.40. The van der Waals surface area contributed by atoms with Gasteiger partial charge in [-0.25, -0.2) is 0 Å². The predicted octanol–water partition coefficient (Wildman–Crippen LogP) is 5.86. The summed E-state index contributed by atoms with van der Waals surface area (Å²) in [6.45, 7) is 1.13. The van der Waals surface area contributed by atoms with Crippen LogP contribution in [0.1, 0.15) is 11.1 Å². The van der Waals surface area contributed by atoms with Gasteiger partial charge >= 0.3 is 0 Å². The summed E-state index contributed by atoms with van der Waals surface area (Å²) in [7, 11) is 0. The van der Waals surface area contributed by atoms with Crippen molar-refractivity contribution in [1.29, 1.82) is 0 Å². The van der Waals surface area contributed by atoms with Crippen molar-refractivity contribution in [3.63, 3.8) is 0 Å². The van der Waals surface area contributed by atoms with Crippen molar-refractivity contribution in [3.05, 3.63) is 92.5 Å². The highest BCUT2D eigenvalue weighted by molar-refractivity contribution is 14.1. The van der Waals surface area contributed by atoms with Gasteiger partial charge in [0.15, 0.2) is 0 Å². The van der Waals surface area contributed by atoms with E-state index in [1.807, 2.05) is 30.3 Å². The molecule has 0 amide bonds. The third-order valence-corrected chi connectivity index (χ3v) is 5.24. The summed E-state index contributed by atoms with van der Waals surface area (Å²) in [5.74, 6) is -0.872. The first-order chi connectivity index (χ1) is 12.2. The zero-order chi connectivity index (χ0) is 17.3. The molecule has 1 aliphatic rings. The van der Waals surface area contributed by atoms with Crippen molar-refractivity contribution in [2.24, 2.45) is 0 Å². The molecule has 4 rings (SSSR count). The highest BCUT2D eigenvalue weighted by atomic mass is 127. The molecule has 1 heterocycles. The fraction of sp³-hybridized carbons (Fsp3) is 0.143. The highest BCUT2D eigenvalue weighted by Crippen LogP contribution is 2.40. The predicted molar refractivity (Wildman–Crippen MR) is 109 cm³/mol. The maximum Gasteiger partial charge on any atom is 0.222 e. The molecule has 126 valence electrons. The topological polar surface area (TPSA) is 18.5 Å². The van der Waals surface area contributed by atoms with Gasteiger partial charge in [-0.15, -0.1) is 0 Å². The maximum absolute atomic E-state index is 6.10. The summed E-state index contributed by atoms with van der Waals surface area (Å²) in [6, 6.07) is 24.5. The summed E-state index contributed by atoms with van der Waals surface area (Å²) in [6.07, 6.45) is 0. The molecule has 0 N–H and O–H groups in total. The Labute approximate surface area is 165 Å². The van der Waals surface area contributed by atoms with Crippen LogP contribution >= 0.6 is 34.2 Å². The third-order valence-electron chi connectivity index (χ3n) is 4.32. The van der Waals surface area contributed by atoms with E-state index in [4.69, 9.17) is 21.1 Å². The van der Waals surface area contributed by atoms with Crippen molar-refractivity contribution in [1.82, 2.24) is 0 Å². The third kappa shape index (κ3) is 3.34. The average Bonchev–Trinajstić information content (AvgIpc) is 3.13. The molecule has 1 aliphatic heterocycles. The lowest BCUT2D eigenvalue weighted by Gasteiger charge is -2.29. The Balaban J connectivity index is 1.81. The summed E-state index contributed by atoms with van der Waals surface area (Å²) in [5.41, 5.74) is 4.26. The Hall–Kier alpha value is -1.40. The molecule has 4 heteroatoms. The minimum absolute atomic E-state index is 0.566. The Kier molecular flexibility index (Phi) is 4.82. The fourth-order valence-corrected chi connectivity index (χ4v) is 3.82. The second-order valence-corrected chi connectivity index (χ2v) is 7.59. The summed E-state index contributed by atoms with van der Waals surface area (Å²) in [4.78, 5) is 0. The van der Waals surface area contributed by atoms with Gasteiger partial charge in [-0.3, -0.25) is 0 Å². The second-order valence-electron chi connectivity index (χ2n) is 5.91. The van der Waals surface area contributed by atoms with Crippen LogP contribution < -0.4 is 0 Å². The lowest BCUT2D eigenvalue weighted by Crippen LogP contribution is -2.28. The summed E-state index contributed by atoms with van der Waals surface area (Å²) in [5, 5.41) is 0.699. The number of rotatable bonds is 3. The molecule has 0 aliphatic carbocycles. The van der Waals surface area contributed by atoms with Gasteiger partial charge in [-0.2, -0.15) is 0 Å². The zero-order valence-electron chi connectivity index (χ0n) is 13.4. The fourth-order valence-electron chi connectivity index (χ4n) is 3.15. The van der Waals surface area contributed by atoms with Crippen LogP contribution in [0, 0.1) is 3.57 Å². The van der Waals surface area contributed by atoms with E-state index in [1.54, 1.807) is 0 Å². The van der Waals surface area contributed by atoms with Gasteiger partial charge in [0.05, 0.1) is 13.2 Å². The molecule has 0 saturated carbocycles. The van der Waals surface area contributed by atoms with E-state index in [0.717, 1.165) is 16.7 Å². The molecule has 25 heavy (non-hydrogen) atoms. The van der Waals surface area contributed by atoms with Crippen LogP contribution in [0.25, 0.3) is 11.1 Å². The lowest BCUT2D eigenvalue weighted by atomic mass is 9.94. The van der Waals surface area contributed by atoms with Gasteiger partial charge in [0.2, 0.25) is 5.79 Å². The lowest BCUT2D eigenvalue weighted by molar-refractivity contribution is -0.129. The van der Waals surface area contributed by atoms with Crippen LogP contribution in [-0.2, 0) is 15.3 Å². The van der Waals surface area contributed by atoms with E-state index in [9.17, 15) is 0 Å². The van der Waals surface area contributed by atoms with E-state index in [1.165, 1.54) is 9.13 Å². The SMILES string of the molecule is Clc1ccc(C2(c3cccc(-c4cccc(I)c4)c3)OCCO2)cc1. The van der Waals surface area contributed by atoms with Crippen molar-refractivity contribution in [3.8, 4) is 11.1 Å². The quantitative estimate of drug-likeness (QED) is 0.454. The number of benzene rings is 3. The molecule has 1 fully saturated rings. The van der Waals surface area contributed by atoms with Gasteiger partial charge in [0.1, 0.15) is 0 Å². The monoisotopic (exact) mass is 462 g/mol. The molecule has 2 nitrogen and oxygen atoms in total. The molecular weight excluding hydrogens is 447 g/mol. The van der Waals surface area contributed by atoms with Crippen molar-refractivity contribution in [2.45, 2.75) is 5.79 Å². The largest absolute Gasteiger partial charge is 0.340 e. The molecule has 0 bridgehead atoms. The van der Waals surface area contributed by atoms with E-state index in [0.29, 0.717) is 18.2 Å². The van der Waals surface area contributed by atoms with E-state index < -0.39 is 5.79 Å². The molecular formula is C21H16ClIO2. The number of ether oxygens (including phenoxy) is 2. The number of hydrogen-bond acceptors (Lipinski definition) is 2. The molecule has 1 saturated heterocycles. The van der Waals surface area contributed by atoms with Gasteiger partial charge in [0, 0.05) is 19.7 Å². The molecule has 0 spiro atoms. The molecule has 0 atom stereocenters. The van der Waals surface area contributed by atoms with E-state index in [-0.39, 0.29) is 0 Å². The number of hydrogen-bond donors (Lipinski definition) is 0.